The van der Waals surface area contributed by atoms with Crippen LogP contribution in [0.4, 0.5) is 17.6 Å². The Bertz CT molecular complexity index is 443. The Morgan fingerprint density at radius 1 is 1.25 bits per heavy atom. The second-order valence-corrected chi connectivity index (χ2v) is 4.36. The molecule has 0 saturated heterocycles. The minimum Gasteiger partial charge on any atom is -0.331 e. The number of rotatable bonds is 0. The molecule has 0 spiro atoms. The third-order valence-corrected chi connectivity index (χ3v) is 2.08. The van der Waals surface area contributed by atoms with E-state index < -0.39 is 28.8 Å². The number of hydrogen-bond acceptors (Lipinski definition) is 1. The summed E-state index contributed by atoms with van der Waals surface area (Å²) in [6.45, 7) is 4.77. The lowest BCUT2D eigenvalue weighted by Crippen LogP contribution is -2.22. The van der Waals surface area contributed by atoms with Crippen LogP contribution in [0.1, 0.15) is 32.0 Å². The summed E-state index contributed by atoms with van der Waals surface area (Å²) >= 11 is 0. The summed E-state index contributed by atoms with van der Waals surface area (Å²) in [4.78, 5) is 0. The van der Waals surface area contributed by atoms with E-state index >= 15 is 0 Å². The maximum atomic E-state index is 13.4. The fourth-order valence-corrected chi connectivity index (χ4v) is 1.31. The van der Waals surface area contributed by atoms with Crippen molar-refractivity contribution in [3.63, 3.8) is 0 Å². The molecule has 1 aromatic heterocycles. The van der Waals surface area contributed by atoms with Crippen LogP contribution in [0.15, 0.2) is 6.20 Å². The van der Waals surface area contributed by atoms with Gasteiger partial charge in [-0.3, -0.25) is 0 Å². The summed E-state index contributed by atoms with van der Waals surface area (Å²) in [6.07, 6.45) is -4.15. The average molecular weight is 234 g/mol. The van der Waals surface area contributed by atoms with Gasteiger partial charge in [-0.25, -0.2) is 4.39 Å². The predicted octanol–water partition coefficient (Wildman–Crippen LogP) is 3.27. The molecule has 1 rings (SSSR count). The van der Waals surface area contributed by atoms with Crippen LogP contribution in [0.3, 0.4) is 0 Å². The van der Waals surface area contributed by atoms with Crippen LogP contribution < -0.4 is 0 Å². The molecule has 2 nitrogen and oxygen atoms in total. The quantitative estimate of drug-likeness (QED) is 0.633. The molecule has 88 valence electrons. The fourth-order valence-electron chi connectivity index (χ4n) is 1.31. The molecule has 0 amide bonds. The Hall–Kier alpha value is -1.51. The molecule has 6 heteroatoms. The molecule has 0 N–H and O–H groups in total. The van der Waals surface area contributed by atoms with Crippen LogP contribution in [0.5, 0.6) is 0 Å². The third kappa shape index (κ3) is 2.03. The number of nitriles is 1. The van der Waals surface area contributed by atoms with Gasteiger partial charge in [0.05, 0.1) is 0 Å². The van der Waals surface area contributed by atoms with Crippen molar-refractivity contribution in [2.45, 2.75) is 32.5 Å². The number of aromatic nitrogens is 1. The van der Waals surface area contributed by atoms with Gasteiger partial charge in [0, 0.05) is 11.7 Å². The monoisotopic (exact) mass is 234 g/mol. The second kappa shape index (κ2) is 3.51. The molecule has 0 fully saturated rings. The van der Waals surface area contributed by atoms with Crippen LogP contribution in [0.2, 0.25) is 0 Å². The Labute approximate surface area is 90.1 Å². The molecule has 0 aliphatic rings. The highest BCUT2D eigenvalue weighted by Gasteiger charge is 2.39. The molecule has 1 heterocycles. The van der Waals surface area contributed by atoms with Crippen molar-refractivity contribution in [1.82, 2.24) is 4.57 Å². The van der Waals surface area contributed by atoms with E-state index in [1.165, 1.54) is 6.07 Å². The van der Waals surface area contributed by atoms with Crippen molar-refractivity contribution >= 4 is 0 Å². The van der Waals surface area contributed by atoms with Gasteiger partial charge in [0.1, 0.15) is 11.6 Å². The third-order valence-electron chi connectivity index (χ3n) is 2.08. The zero-order valence-electron chi connectivity index (χ0n) is 8.98. The highest BCUT2D eigenvalue weighted by Crippen LogP contribution is 2.35. The fraction of sp³-hybridized carbons (Fsp3) is 0.500. The highest BCUT2D eigenvalue weighted by molar-refractivity contribution is 5.34. The van der Waals surface area contributed by atoms with Gasteiger partial charge in [-0.2, -0.15) is 18.4 Å². The van der Waals surface area contributed by atoms with Gasteiger partial charge >= 0.3 is 6.18 Å². The predicted molar refractivity (Wildman–Crippen MR) is 49.1 cm³/mol. The van der Waals surface area contributed by atoms with Gasteiger partial charge in [0.15, 0.2) is 11.5 Å². The zero-order valence-corrected chi connectivity index (χ0v) is 8.98. The SMILES string of the molecule is CC(C)(C)n1cc(C(F)(F)F)c(F)c1C#N. The Morgan fingerprint density at radius 2 is 1.75 bits per heavy atom. The normalized spacial score (nSPS) is 12.6. The van der Waals surface area contributed by atoms with E-state index in [1.807, 2.05) is 0 Å². The van der Waals surface area contributed by atoms with Crippen molar-refractivity contribution in [3.8, 4) is 6.07 Å². The van der Waals surface area contributed by atoms with Crippen molar-refractivity contribution in [3.05, 3.63) is 23.3 Å². The first-order chi connectivity index (χ1) is 7.09. The first-order valence-electron chi connectivity index (χ1n) is 4.47. The summed E-state index contributed by atoms with van der Waals surface area (Å²) in [5, 5.41) is 8.66. The van der Waals surface area contributed by atoms with Crippen molar-refractivity contribution < 1.29 is 17.6 Å². The van der Waals surface area contributed by atoms with Crippen molar-refractivity contribution in [2.24, 2.45) is 0 Å². The van der Waals surface area contributed by atoms with Gasteiger partial charge in [-0.15, -0.1) is 0 Å². The first kappa shape index (κ1) is 12.6. The summed E-state index contributed by atoms with van der Waals surface area (Å²) in [5.41, 5.74) is -2.78. The van der Waals surface area contributed by atoms with E-state index in [2.05, 4.69) is 0 Å². The van der Waals surface area contributed by atoms with E-state index in [9.17, 15) is 17.6 Å². The molecule has 0 aliphatic heterocycles. The van der Waals surface area contributed by atoms with Crippen LogP contribution in [0, 0.1) is 17.1 Å². The Balaban J connectivity index is 3.52. The second-order valence-electron chi connectivity index (χ2n) is 4.36. The van der Waals surface area contributed by atoms with E-state index in [-0.39, 0.29) is 0 Å². The van der Waals surface area contributed by atoms with Crippen LogP contribution >= 0.6 is 0 Å². The summed E-state index contributed by atoms with van der Waals surface area (Å²) < 4.78 is 51.6. The molecule has 0 aromatic carbocycles. The summed E-state index contributed by atoms with van der Waals surface area (Å²) in [7, 11) is 0. The highest BCUT2D eigenvalue weighted by atomic mass is 19.4. The van der Waals surface area contributed by atoms with Crippen LogP contribution in [-0.4, -0.2) is 4.57 Å². The average Bonchev–Trinajstić information content (AvgIpc) is 2.40. The van der Waals surface area contributed by atoms with Gasteiger partial charge in [-0.05, 0) is 20.8 Å². The number of alkyl halides is 3. The van der Waals surface area contributed by atoms with Crippen molar-refractivity contribution in [1.29, 1.82) is 5.26 Å². The summed E-state index contributed by atoms with van der Waals surface area (Å²) in [5.74, 6) is -1.51. The van der Waals surface area contributed by atoms with Gasteiger partial charge in [0.25, 0.3) is 0 Å². The molecule has 0 saturated carbocycles. The minimum atomic E-state index is -4.79. The maximum Gasteiger partial charge on any atom is 0.420 e. The topological polar surface area (TPSA) is 28.7 Å². The van der Waals surface area contributed by atoms with Crippen LogP contribution in [-0.2, 0) is 11.7 Å². The largest absolute Gasteiger partial charge is 0.420 e. The lowest BCUT2D eigenvalue weighted by atomic mass is 10.1. The van der Waals surface area contributed by atoms with Gasteiger partial charge in [0.2, 0.25) is 0 Å². The summed E-state index contributed by atoms with van der Waals surface area (Å²) in [6, 6.07) is 1.45. The molecule has 0 bridgehead atoms. The zero-order chi connectivity index (χ0) is 12.7. The standard InChI is InChI=1S/C10H10F4N2/c1-9(2,3)16-5-6(10(12,13)14)8(11)7(16)4-15/h5H,1-3H3. The number of nitrogens with zero attached hydrogens (tertiary/aromatic N) is 2. The molecule has 16 heavy (non-hydrogen) atoms. The molecule has 1 aromatic rings. The molecule has 0 radical (unpaired) electrons. The van der Waals surface area contributed by atoms with Gasteiger partial charge in [-0.1, -0.05) is 0 Å². The minimum absolute atomic E-state index is 0.597. The molecular weight excluding hydrogens is 224 g/mol. The number of halogens is 4. The van der Waals surface area contributed by atoms with E-state index in [1.54, 1.807) is 20.8 Å². The molecular formula is C10H10F4N2. The van der Waals surface area contributed by atoms with E-state index in [4.69, 9.17) is 5.26 Å². The lowest BCUT2D eigenvalue weighted by Gasteiger charge is -2.22. The lowest BCUT2D eigenvalue weighted by molar-refractivity contribution is -0.139. The van der Waals surface area contributed by atoms with Crippen molar-refractivity contribution in [2.75, 3.05) is 0 Å². The van der Waals surface area contributed by atoms with Crippen LogP contribution in [0.25, 0.3) is 0 Å². The van der Waals surface area contributed by atoms with Gasteiger partial charge < -0.3 is 4.57 Å². The molecule has 0 atom stereocenters. The molecule has 0 aliphatic carbocycles. The maximum absolute atomic E-state index is 13.4. The first-order valence-corrected chi connectivity index (χ1v) is 4.47. The smallest absolute Gasteiger partial charge is 0.331 e. The number of hydrogen-bond donors (Lipinski definition) is 0. The molecule has 0 unspecified atom stereocenters. The Morgan fingerprint density at radius 3 is 2.00 bits per heavy atom. The van der Waals surface area contributed by atoms with E-state index in [0.29, 0.717) is 6.20 Å². The Kier molecular flexibility index (Phi) is 2.75. The van der Waals surface area contributed by atoms with E-state index in [0.717, 1.165) is 4.57 Å².